The number of rotatable bonds is 0. The van der Waals surface area contributed by atoms with Gasteiger partial charge in [0.15, 0.2) is 0 Å². The van der Waals surface area contributed by atoms with Crippen LogP contribution >= 0.6 is 12.6 Å². The normalized spacial score (nSPS) is 33.8. The van der Waals surface area contributed by atoms with E-state index in [1.54, 1.807) is 0 Å². The van der Waals surface area contributed by atoms with Crippen LogP contribution in [0.3, 0.4) is 0 Å². The molecule has 0 bridgehead atoms. The lowest BCUT2D eigenvalue weighted by Crippen LogP contribution is -2.31. The third-order valence-electron chi connectivity index (χ3n) is 2.81. The van der Waals surface area contributed by atoms with Crippen LogP contribution in [0, 0.1) is 11.3 Å². The van der Waals surface area contributed by atoms with Crippen molar-refractivity contribution >= 4 is 12.6 Å². The zero-order chi connectivity index (χ0) is 8.48. The molecule has 0 heterocycles. The number of hydrogen-bond donors (Lipinski definition) is 0. The van der Waals surface area contributed by atoms with E-state index >= 15 is 0 Å². The average molecular weight is 171 g/mol. The van der Waals surface area contributed by atoms with Gasteiger partial charge in [-0.25, -0.2) is 0 Å². The highest BCUT2D eigenvalue weighted by atomic mass is 32.1. The highest BCUT2D eigenvalue weighted by Crippen LogP contribution is 2.40. The first kappa shape index (κ1) is 9.44. The second-order valence-corrected chi connectivity index (χ2v) is 5.40. The number of hydrogen-bond acceptors (Lipinski definition) is 0. The fourth-order valence-electron chi connectivity index (χ4n) is 2.09. The molecular weight excluding hydrogens is 152 g/mol. The minimum Gasteiger partial charge on any atom is -0.0901 e. The maximum atomic E-state index is 5.46. The molecule has 1 aliphatic carbocycles. The fourth-order valence-corrected chi connectivity index (χ4v) is 2.80. The first-order chi connectivity index (χ1) is 5.02. The second kappa shape index (κ2) is 3.38. The minimum atomic E-state index is 0.437. The van der Waals surface area contributed by atoms with Gasteiger partial charge in [-0.1, -0.05) is 46.2 Å². The Morgan fingerprint density at radius 2 is 1.64 bits per heavy atom. The van der Waals surface area contributed by atoms with Crippen molar-refractivity contribution in [2.45, 2.75) is 51.7 Å². The van der Waals surface area contributed by atoms with Crippen molar-refractivity contribution in [3.63, 3.8) is 0 Å². The summed E-state index contributed by atoms with van der Waals surface area (Å²) in [4.78, 5) is 0. The van der Waals surface area contributed by atoms with Crippen molar-refractivity contribution in [3.8, 4) is 0 Å². The van der Waals surface area contributed by atoms with Gasteiger partial charge < -0.3 is 0 Å². The maximum absolute atomic E-state index is 5.46. The molecule has 1 heteroatoms. The van der Waals surface area contributed by atoms with E-state index in [0.29, 0.717) is 10.7 Å². The van der Waals surface area contributed by atoms with Crippen LogP contribution in [-0.2, 0) is 0 Å². The van der Waals surface area contributed by atoms with Gasteiger partial charge in [0.25, 0.3) is 0 Å². The standard InChI is InChI=1S/C10H19S/c1-10(2,3)8-6-4-5-7-9(8)11/h8-9H,4-7H2,1-3H3. The Kier molecular flexibility index (Phi) is 2.90. The SMILES string of the molecule is CC(C)(C)C1CCCCC1[S]. The van der Waals surface area contributed by atoms with Gasteiger partial charge in [-0.2, -0.15) is 0 Å². The predicted molar refractivity (Wildman–Crippen MR) is 52.8 cm³/mol. The van der Waals surface area contributed by atoms with Crippen molar-refractivity contribution in [1.82, 2.24) is 0 Å². The first-order valence-corrected chi connectivity index (χ1v) is 5.15. The Labute approximate surface area is 76.2 Å². The monoisotopic (exact) mass is 171 g/mol. The van der Waals surface area contributed by atoms with Crippen molar-refractivity contribution in [1.29, 1.82) is 0 Å². The van der Waals surface area contributed by atoms with Gasteiger partial charge in [0.2, 0.25) is 0 Å². The van der Waals surface area contributed by atoms with E-state index < -0.39 is 0 Å². The quantitative estimate of drug-likeness (QED) is 0.520. The summed E-state index contributed by atoms with van der Waals surface area (Å²) in [7, 11) is 0. The Bertz CT molecular complexity index is 123. The first-order valence-electron chi connectivity index (χ1n) is 4.67. The molecule has 0 nitrogen and oxygen atoms in total. The summed E-state index contributed by atoms with van der Waals surface area (Å²) in [6, 6.07) is 0. The molecule has 0 saturated heterocycles. The Morgan fingerprint density at radius 3 is 2.00 bits per heavy atom. The second-order valence-electron chi connectivity index (χ2n) is 4.80. The molecule has 0 aliphatic heterocycles. The molecule has 0 aromatic carbocycles. The lowest BCUT2D eigenvalue weighted by atomic mass is 9.72. The van der Waals surface area contributed by atoms with E-state index in [-0.39, 0.29) is 0 Å². The van der Waals surface area contributed by atoms with E-state index in [1.807, 2.05) is 0 Å². The van der Waals surface area contributed by atoms with Gasteiger partial charge in [-0.15, -0.1) is 0 Å². The van der Waals surface area contributed by atoms with Crippen LogP contribution in [0.2, 0.25) is 0 Å². The van der Waals surface area contributed by atoms with Gasteiger partial charge in [-0.05, 0) is 24.2 Å². The average Bonchev–Trinajstić information content (AvgIpc) is 1.86. The summed E-state index contributed by atoms with van der Waals surface area (Å²) >= 11 is 5.46. The lowest BCUT2D eigenvalue weighted by molar-refractivity contribution is 0.188. The van der Waals surface area contributed by atoms with Gasteiger partial charge >= 0.3 is 0 Å². The third-order valence-corrected chi connectivity index (χ3v) is 3.38. The largest absolute Gasteiger partial charge is 0.0901 e. The van der Waals surface area contributed by atoms with Crippen LogP contribution < -0.4 is 0 Å². The molecule has 2 atom stereocenters. The highest BCUT2D eigenvalue weighted by molar-refractivity contribution is 7.81. The lowest BCUT2D eigenvalue weighted by Gasteiger charge is -2.37. The smallest absolute Gasteiger partial charge is 0.0184 e. The van der Waals surface area contributed by atoms with E-state index in [4.69, 9.17) is 12.6 Å². The van der Waals surface area contributed by atoms with Crippen molar-refractivity contribution in [2.75, 3.05) is 0 Å². The van der Waals surface area contributed by atoms with E-state index in [9.17, 15) is 0 Å². The molecule has 11 heavy (non-hydrogen) atoms. The molecule has 2 unspecified atom stereocenters. The summed E-state index contributed by atoms with van der Waals surface area (Å²) in [6.45, 7) is 6.97. The molecule has 0 N–H and O–H groups in total. The van der Waals surface area contributed by atoms with Crippen LogP contribution in [-0.4, -0.2) is 5.25 Å². The third kappa shape index (κ3) is 2.40. The van der Waals surface area contributed by atoms with Gasteiger partial charge in [0.1, 0.15) is 0 Å². The Balaban J connectivity index is 2.55. The Morgan fingerprint density at radius 1 is 1.09 bits per heavy atom. The molecule has 1 saturated carbocycles. The molecule has 1 fully saturated rings. The molecule has 0 aromatic heterocycles. The zero-order valence-corrected chi connectivity index (χ0v) is 8.71. The van der Waals surface area contributed by atoms with E-state index in [0.717, 1.165) is 5.92 Å². The molecule has 1 radical (unpaired) electrons. The molecule has 0 aromatic rings. The van der Waals surface area contributed by atoms with Crippen LogP contribution in [0.25, 0.3) is 0 Å². The summed E-state index contributed by atoms with van der Waals surface area (Å²) in [5.74, 6) is 0.784. The topological polar surface area (TPSA) is 0 Å². The summed E-state index contributed by atoms with van der Waals surface area (Å²) in [6.07, 6.45) is 5.39. The van der Waals surface area contributed by atoms with E-state index in [1.165, 1.54) is 25.7 Å². The Hall–Kier alpha value is 0.350. The van der Waals surface area contributed by atoms with Crippen LogP contribution in [0.5, 0.6) is 0 Å². The molecule has 1 rings (SSSR count). The van der Waals surface area contributed by atoms with Crippen molar-refractivity contribution < 1.29 is 0 Å². The van der Waals surface area contributed by atoms with Crippen LogP contribution in [0.15, 0.2) is 0 Å². The van der Waals surface area contributed by atoms with Gasteiger partial charge in [-0.3, -0.25) is 0 Å². The summed E-state index contributed by atoms with van der Waals surface area (Å²) in [5, 5.41) is 0.545. The molecule has 65 valence electrons. The predicted octanol–water partition coefficient (Wildman–Crippen LogP) is 3.79. The van der Waals surface area contributed by atoms with Crippen LogP contribution in [0.1, 0.15) is 46.5 Å². The van der Waals surface area contributed by atoms with Gasteiger partial charge in [0.05, 0.1) is 0 Å². The van der Waals surface area contributed by atoms with Crippen molar-refractivity contribution in [2.24, 2.45) is 11.3 Å². The fraction of sp³-hybridized carbons (Fsp3) is 1.00. The molecule has 0 amide bonds. The molecular formula is C10H19S. The highest BCUT2D eigenvalue weighted by Gasteiger charge is 2.32. The molecule has 0 spiro atoms. The van der Waals surface area contributed by atoms with E-state index in [2.05, 4.69) is 20.8 Å². The van der Waals surface area contributed by atoms with Crippen LogP contribution in [0.4, 0.5) is 0 Å². The summed E-state index contributed by atoms with van der Waals surface area (Å²) < 4.78 is 0. The summed E-state index contributed by atoms with van der Waals surface area (Å²) in [5.41, 5.74) is 0.437. The van der Waals surface area contributed by atoms with Crippen molar-refractivity contribution in [3.05, 3.63) is 0 Å². The molecule has 1 aliphatic rings. The van der Waals surface area contributed by atoms with Gasteiger partial charge in [0, 0.05) is 5.25 Å². The minimum absolute atomic E-state index is 0.437. The maximum Gasteiger partial charge on any atom is 0.0184 e. The zero-order valence-electron chi connectivity index (χ0n) is 7.89.